The van der Waals surface area contributed by atoms with E-state index in [0.717, 1.165) is 22.0 Å². The van der Waals surface area contributed by atoms with Gasteiger partial charge in [0.2, 0.25) is 17.7 Å². The maximum Gasteiger partial charge on any atom is 0.329 e. The van der Waals surface area contributed by atoms with Crippen molar-refractivity contribution in [3.05, 3.63) is 90.1 Å². The number of carbonyl (C=O) groups excluding carboxylic acids is 4. The molecule has 5 rings (SSSR count). The van der Waals surface area contributed by atoms with Gasteiger partial charge in [0.15, 0.2) is 0 Å². The number of fused-ring (bicyclic) bond motifs is 1. The molecule has 2 aromatic carbocycles. The van der Waals surface area contributed by atoms with Gasteiger partial charge in [-0.3, -0.25) is 14.4 Å². The Labute approximate surface area is 230 Å². The summed E-state index contributed by atoms with van der Waals surface area (Å²) in [5, 5.41) is 9.09. The molecule has 206 valence electrons. The molecule has 0 spiro atoms. The fourth-order valence-electron chi connectivity index (χ4n) is 4.72. The van der Waals surface area contributed by atoms with Crippen LogP contribution in [0.4, 0.5) is 0 Å². The fourth-order valence-corrected chi connectivity index (χ4v) is 4.72. The molecular formula is C29H30N6O5. The highest BCUT2D eigenvalue weighted by atomic mass is 16.5. The first kappa shape index (κ1) is 26.7. The van der Waals surface area contributed by atoms with Crippen molar-refractivity contribution in [3.63, 3.8) is 0 Å². The number of aromatic amines is 2. The van der Waals surface area contributed by atoms with Gasteiger partial charge >= 0.3 is 5.97 Å². The molecule has 3 heterocycles. The maximum atomic E-state index is 13.6. The van der Waals surface area contributed by atoms with Gasteiger partial charge in [0.1, 0.15) is 24.7 Å². The van der Waals surface area contributed by atoms with Gasteiger partial charge in [-0.1, -0.05) is 48.5 Å². The zero-order valence-electron chi connectivity index (χ0n) is 21.7. The number of aromatic nitrogens is 3. The maximum absolute atomic E-state index is 13.6. The van der Waals surface area contributed by atoms with Gasteiger partial charge in [0, 0.05) is 48.3 Å². The van der Waals surface area contributed by atoms with Gasteiger partial charge in [-0.15, -0.1) is 0 Å². The number of amides is 3. The predicted molar refractivity (Wildman–Crippen MR) is 146 cm³/mol. The number of hydrogen-bond donors (Lipinski definition) is 5. The van der Waals surface area contributed by atoms with Crippen LogP contribution in [-0.2, 0) is 43.4 Å². The van der Waals surface area contributed by atoms with Crippen molar-refractivity contribution in [1.29, 1.82) is 0 Å². The summed E-state index contributed by atoms with van der Waals surface area (Å²) in [5.41, 5.74) is 3.18. The molecule has 0 bridgehead atoms. The third kappa shape index (κ3) is 6.55. The average Bonchev–Trinajstić information content (AvgIpc) is 3.73. The number of H-pyrrole nitrogens is 2. The zero-order chi connectivity index (χ0) is 27.9. The van der Waals surface area contributed by atoms with Crippen LogP contribution < -0.4 is 16.0 Å². The molecule has 3 amide bonds. The van der Waals surface area contributed by atoms with Crippen LogP contribution >= 0.6 is 0 Å². The van der Waals surface area contributed by atoms with E-state index in [9.17, 15) is 19.2 Å². The topological polar surface area (TPSA) is 158 Å². The van der Waals surface area contributed by atoms with Gasteiger partial charge in [-0.05, 0) is 23.6 Å². The molecule has 1 aliphatic rings. The van der Waals surface area contributed by atoms with Gasteiger partial charge in [0.25, 0.3) is 0 Å². The molecule has 0 unspecified atom stereocenters. The van der Waals surface area contributed by atoms with E-state index in [4.69, 9.17) is 4.74 Å². The number of nitrogens with one attached hydrogen (secondary N) is 5. The second-order valence-corrected chi connectivity index (χ2v) is 9.72. The second kappa shape index (κ2) is 12.3. The SMILES string of the molecule is O=C1CC[C@H](C(=O)N[C@@H](Cc2cnc[nH]2)C(=O)N[C@@H](Cc2c[nH]c3ccccc23)C(=O)OCc2ccccc2)N1. The molecule has 4 aromatic rings. The summed E-state index contributed by atoms with van der Waals surface area (Å²) >= 11 is 0. The average molecular weight is 543 g/mol. The smallest absolute Gasteiger partial charge is 0.329 e. The van der Waals surface area contributed by atoms with E-state index in [2.05, 4.69) is 30.9 Å². The van der Waals surface area contributed by atoms with Gasteiger partial charge in [-0.25, -0.2) is 9.78 Å². The molecule has 11 heteroatoms. The van der Waals surface area contributed by atoms with Crippen LogP contribution in [0.2, 0.25) is 0 Å². The lowest BCUT2D eigenvalue weighted by atomic mass is 10.0. The number of nitrogens with zero attached hydrogens (tertiary/aromatic N) is 1. The lowest BCUT2D eigenvalue weighted by Gasteiger charge is -2.23. The number of rotatable bonds is 11. The Hall–Kier alpha value is -4.93. The first-order chi connectivity index (χ1) is 19.5. The Morgan fingerprint density at radius 1 is 0.975 bits per heavy atom. The van der Waals surface area contributed by atoms with Crippen molar-refractivity contribution < 1.29 is 23.9 Å². The van der Waals surface area contributed by atoms with Crippen molar-refractivity contribution >= 4 is 34.6 Å². The fraction of sp³-hybridized carbons (Fsp3) is 0.276. The van der Waals surface area contributed by atoms with Crippen molar-refractivity contribution in [2.24, 2.45) is 0 Å². The number of benzene rings is 2. The van der Waals surface area contributed by atoms with E-state index >= 15 is 0 Å². The number of para-hydroxylation sites is 1. The van der Waals surface area contributed by atoms with Crippen LogP contribution in [0.25, 0.3) is 10.9 Å². The normalized spacial score (nSPS) is 16.2. The highest BCUT2D eigenvalue weighted by Crippen LogP contribution is 2.20. The summed E-state index contributed by atoms with van der Waals surface area (Å²) in [7, 11) is 0. The number of ether oxygens (including phenoxy) is 1. The summed E-state index contributed by atoms with van der Waals surface area (Å²) < 4.78 is 5.60. The van der Waals surface area contributed by atoms with Crippen molar-refractivity contribution in [2.45, 2.75) is 50.4 Å². The first-order valence-electron chi connectivity index (χ1n) is 13.1. The van der Waals surface area contributed by atoms with Crippen LogP contribution in [0.3, 0.4) is 0 Å². The van der Waals surface area contributed by atoms with Crippen LogP contribution in [0.15, 0.2) is 73.3 Å². The summed E-state index contributed by atoms with van der Waals surface area (Å²) in [5.74, 6) is -1.84. The van der Waals surface area contributed by atoms with Crippen molar-refractivity contribution in [3.8, 4) is 0 Å². The highest BCUT2D eigenvalue weighted by molar-refractivity contribution is 5.95. The molecule has 0 aliphatic carbocycles. The Bertz CT molecular complexity index is 1480. The van der Waals surface area contributed by atoms with Gasteiger partial charge in [0.05, 0.1) is 6.33 Å². The predicted octanol–water partition coefficient (Wildman–Crippen LogP) is 1.67. The number of esters is 1. The van der Waals surface area contributed by atoms with Gasteiger partial charge < -0.3 is 30.7 Å². The van der Waals surface area contributed by atoms with Crippen LogP contribution in [0, 0.1) is 0 Å². The summed E-state index contributed by atoms with van der Waals surface area (Å²) in [6.07, 6.45) is 5.71. The summed E-state index contributed by atoms with van der Waals surface area (Å²) in [6.45, 7) is 0.0512. The lowest BCUT2D eigenvalue weighted by molar-refractivity contribution is -0.149. The largest absolute Gasteiger partial charge is 0.459 e. The Morgan fingerprint density at radius 2 is 1.77 bits per heavy atom. The quantitative estimate of drug-likeness (QED) is 0.181. The molecule has 40 heavy (non-hydrogen) atoms. The van der Waals surface area contributed by atoms with Crippen molar-refractivity contribution in [1.82, 2.24) is 30.9 Å². The first-order valence-corrected chi connectivity index (χ1v) is 13.1. The van der Waals surface area contributed by atoms with Crippen molar-refractivity contribution in [2.75, 3.05) is 0 Å². The van der Waals surface area contributed by atoms with E-state index in [1.54, 1.807) is 12.4 Å². The summed E-state index contributed by atoms with van der Waals surface area (Å²) in [6, 6.07) is 14.2. The summed E-state index contributed by atoms with van der Waals surface area (Å²) in [4.78, 5) is 61.6. The van der Waals surface area contributed by atoms with Gasteiger partial charge in [-0.2, -0.15) is 0 Å². The van der Waals surface area contributed by atoms with Crippen LogP contribution in [0.5, 0.6) is 0 Å². The third-order valence-corrected chi connectivity index (χ3v) is 6.85. The lowest BCUT2D eigenvalue weighted by Crippen LogP contribution is -2.55. The van der Waals surface area contributed by atoms with E-state index in [0.29, 0.717) is 12.1 Å². The van der Waals surface area contributed by atoms with E-state index in [-0.39, 0.29) is 31.8 Å². The Kier molecular flexibility index (Phi) is 8.19. The Morgan fingerprint density at radius 3 is 2.52 bits per heavy atom. The number of carbonyl (C=O) groups is 4. The van der Waals surface area contributed by atoms with Crippen LogP contribution in [-0.4, -0.2) is 56.8 Å². The second-order valence-electron chi connectivity index (χ2n) is 9.72. The molecule has 11 nitrogen and oxygen atoms in total. The standard InChI is InChI=1S/C29H30N6O5/c36-26-11-10-23(33-26)27(37)34-24(13-20-15-30-17-32-20)28(38)35-25(29(39)40-16-18-6-2-1-3-7-18)12-19-14-31-22-9-5-4-8-21(19)22/h1-9,14-15,17,23-25,31H,10-13,16H2,(H,30,32)(H,33,36)(H,34,37)(H,35,38)/t23-,24+,25+/m1/s1. The Balaban J connectivity index is 1.35. The number of imidazole rings is 1. The molecular weight excluding hydrogens is 512 g/mol. The third-order valence-electron chi connectivity index (χ3n) is 6.85. The van der Waals surface area contributed by atoms with E-state index < -0.39 is 35.9 Å². The monoisotopic (exact) mass is 542 g/mol. The minimum absolute atomic E-state index is 0.0512. The zero-order valence-corrected chi connectivity index (χ0v) is 21.7. The van der Waals surface area contributed by atoms with E-state index in [1.807, 2.05) is 54.6 Å². The molecule has 1 aliphatic heterocycles. The minimum atomic E-state index is -1.03. The molecule has 3 atom stereocenters. The molecule has 0 saturated carbocycles. The van der Waals surface area contributed by atoms with Crippen LogP contribution in [0.1, 0.15) is 29.7 Å². The molecule has 2 aromatic heterocycles. The molecule has 1 fully saturated rings. The molecule has 0 radical (unpaired) electrons. The molecule has 5 N–H and O–H groups in total. The minimum Gasteiger partial charge on any atom is -0.459 e. The number of hydrogen-bond acceptors (Lipinski definition) is 6. The highest BCUT2D eigenvalue weighted by Gasteiger charge is 2.33. The van der Waals surface area contributed by atoms with E-state index in [1.165, 1.54) is 6.33 Å². The molecule has 1 saturated heterocycles.